The molecular formula is C136H42Cl2N2O8. The van der Waals surface area contributed by atoms with Crippen LogP contribution < -0.4 is 5.73 Å². The van der Waals surface area contributed by atoms with Crippen LogP contribution in [0.4, 0.5) is 5.69 Å². The van der Waals surface area contributed by atoms with Crippen molar-refractivity contribution in [2.45, 2.75) is 47.2 Å². The fourth-order valence-electron chi connectivity index (χ4n) is 5.99. The first-order valence-corrected chi connectivity index (χ1v) is 38.7. The molecule has 0 spiro atoms. The molecule has 2 atom stereocenters. The molecule has 2 heterocycles. The fourth-order valence-corrected chi connectivity index (χ4v) is 6.33. The van der Waals surface area contributed by atoms with E-state index >= 15 is 0 Å². The maximum absolute atomic E-state index is 9.53. The minimum atomic E-state index is -0.690. The summed E-state index contributed by atoms with van der Waals surface area (Å²) < 4.78 is 16.9. The Morgan fingerprint density at radius 2 is 0.412 bits per heavy atom. The van der Waals surface area contributed by atoms with Gasteiger partial charge in [-0.2, -0.15) is 5.26 Å². The number of methoxy groups -OCH3 is 2. The third kappa shape index (κ3) is 95.1. The van der Waals surface area contributed by atoms with Gasteiger partial charge in [0.2, 0.25) is 0 Å². The molecule has 0 bridgehead atoms. The van der Waals surface area contributed by atoms with E-state index in [1.54, 1.807) is 43.1 Å². The molecule has 3 aromatic rings. The lowest BCUT2D eigenvalue weighted by Crippen LogP contribution is -2.13. The predicted molar refractivity (Wildman–Crippen MR) is 540 cm³/mol. The number of anilines is 1. The number of phenols is 2. The molecule has 10 nitrogen and oxygen atoms in total. The second-order valence-corrected chi connectivity index (χ2v) is 21.5. The Labute approximate surface area is 859 Å². The number of nitrogens with zero attached hydrogens (tertiary/aromatic N) is 1. The summed E-state index contributed by atoms with van der Waals surface area (Å²) in [6, 6.07) is 13.3. The molecule has 658 valence electrons. The Balaban J connectivity index is -0.00000454. The van der Waals surface area contributed by atoms with E-state index in [0.717, 1.165) is 19.8 Å². The number of aromatic hydroxyl groups is 2. The maximum Gasteiger partial charge on any atom is 0.339 e. The average Bonchev–Trinajstić information content (AvgIpc) is 1.67. The Morgan fingerprint density at radius 1 is 0.277 bits per heavy atom. The minimum Gasteiger partial charge on any atom is -0.506 e. The van der Waals surface area contributed by atoms with E-state index in [1.165, 1.54) is 12.1 Å². The van der Waals surface area contributed by atoms with E-state index in [2.05, 4.69) is 637 Å². The number of carbonyl (C=O) groups excluding carboxylic acids is 1. The third-order valence-corrected chi connectivity index (χ3v) is 11.6. The van der Waals surface area contributed by atoms with E-state index < -0.39 is 5.97 Å². The Hall–Kier alpha value is -27.0. The highest BCUT2D eigenvalue weighted by Gasteiger charge is 2.24. The number of hydrogen-bond donors (Lipinski definition) is 4. The van der Waals surface area contributed by atoms with Crippen molar-refractivity contribution in [3.05, 3.63) is 703 Å². The Kier molecular flexibility index (Phi) is 89.1. The van der Waals surface area contributed by atoms with Crippen LogP contribution in [-0.2, 0) is 23.9 Å². The molecule has 2 aromatic carbocycles. The van der Waals surface area contributed by atoms with Gasteiger partial charge in [-0.15, -0.1) is 0 Å². The summed E-state index contributed by atoms with van der Waals surface area (Å²) in [6.45, 7) is 7.75. The first-order chi connectivity index (χ1) is 72.0. The molecular weight excluding hydrogens is 1860 g/mol. The van der Waals surface area contributed by atoms with Gasteiger partial charge in [0.1, 0.15) is 11.5 Å². The average molecular weight is 1900 g/mol. The molecule has 0 saturated carbocycles. The summed E-state index contributed by atoms with van der Waals surface area (Å²) in [6.07, 6.45) is 5.49. The van der Waals surface area contributed by atoms with Gasteiger partial charge >= 0.3 is 5.97 Å². The smallest absolute Gasteiger partial charge is 0.339 e. The van der Waals surface area contributed by atoms with Gasteiger partial charge in [0.25, 0.3) is 0 Å². The molecule has 1 aliphatic heterocycles. The van der Waals surface area contributed by atoms with Crippen molar-refractivity contribution in [2.24, 2.45) is 0 Å². The molecule has 0 radical (unpaired) electrons. The first-order valence-electron chi connectivity index (χ1n) is 38.0. The standard InChI is InChI=1S/C110H4.C10H8ClNO.C6H6ClNO.C6H12O3.C2H4O3.2CH4/c1-3-5-7-9-11-13-15-17-19-21-23-25-27-29-31-33-35-37-39-41-43-45-47-49-51-53-55-57-59-61-63-65-67-69-71-73-75-77-79-81-83-85-87-89-91-93-95-97-99-101-103-105-107-109-110-108-106-104-102-100-98-96-94-92-90-88-86-84-82-80-78-76-74-72-70-68-66-64-62-60-58-56-54-52-50-48-46-44-42-40-38-36-34-32-30-28-26-24-22-20-18-16-14-12-10-8-6-4-2;11-8-3-4-10(13)9(7-8)12-5-1-2-6-12;7-4-1-2-6(9)5(8)3-4;1-7-5-3-4-6(8-2)9-5;1-2(3)5-4;;/h1-2H2;1-7,13H;1-3,9H,8H2;5-6H,3-4H2,1-2H3;4H,1H3;2*1H4. The van der Waals surface area contributed by atoms with E-state index in [4.69, 9.17) is 53.5 Å². The summed E-state index contributed by atoms with van der Waals surface area (Å²) in [5, 5.41) is 26.8. The molecule has 1 fully saturated rings. The lowest BCUT2D eigenvalue weighted by molar-refractivity contribution is -0.231. The summed E-state index contributed by atoms with van der Waals surface area (Å²) in [5.41, 5.74) is 276. The number of hydrogen-bond acceptors (Lipinski definition) is 9. The molecule has 0 amide bonds. The number of rotatable bonds is 3. The topological polar surface area (TPSA) is 146 Å². The van der Waals surface area contributed by atoms with Crippen molar-refractivity contribution in [1.82, 2.24) is 4.57 Å². The maximum atomic E-state index is 9.53. The van der Waals surface area contributed by atoms with Crippen LogP contribution in [0.5, 0.6) is 11.5 Å². The number of aromatic nitrogens is 1. The molecule has 5 N–H and O–H groups in total. The van der Waals surface area contributed by atoms with E-state index in [-0.39, 0.29) is 38.9 Å². The van der Waals surface area contributed by atoms with Gasteiger partial charge in [-0.1, -0.05) is 49.5 Å². The van der Waals surface area contributed by atoms with Gasteiger partial charge in [0.15, 0.2) is 12.6 Å². The number of phenolic OH excluding ortho intramolecular Hbond substituents is 2. The zero-order valence-corrected chi connectivity index (χ0v) is 76.9. The summed E-state index contributed by atoms with van der Waals surface area (Å²) in [7, 11) is 3.28. The largest absolute Gasteiger partial charge is 0.506 e. The van der Waals surface area contributed by atoms with Gasteiger partial charge in [0.05, 0.1) is 11.4 Å². The SMILES string of the molecule is C.C.C=C=C=C=C=C=C=C=C=C=C=C=C=C=C=C=C=C=C=C=C=C=C=C=C=C=C=C=C=C=C=C=C=C=C=C=C=C=C=C=C=C=C=C=C=C=C=C=C=C=C=C=C=C=C=C=C=C=C=C=C=C=C=C=C=C=C=C=C=C=C=C=C=C=C=C=C=C=C=C=C=C=C=C=C=C=C=C=C=C=C=C=C=C=C=C=C=C=C=C=C=C=C=C=C=C=C=C=C=C.CC(=O)OO.COC1CCC(OC)O1.Nc1cc(Cl)ccc1O.Oc1ccc(Cl)cc1-n1cccc1. The Bertz CT molecular complexity index is 10100. The van der Waals surface area contributed by atoms with Crippen molar-refractivity contribution in [1.29, 1.82) is 0 Å². The first kappa shape index (κ1) is 125. The zero-order valence-electron chi connectivity index (χ0n) is 75.4. The monoisotopic (exact) mass is 1900 g/mol. The van der Waals surface area contributed by atoms with Crippen molar-refractivity contribution < 1.29 is 39.4 Å². The molecule has 1 saturated heterocycles. The Morgan fingerprint density at radius 3 is 0.527 bits per heavy atom. The normalized spacial score (nSPS) is 6.80. The molecule has 2 unspecified atom stereocenters. The lowest BCUT2D eigenvalue weighted by atomic mass is 10.3. The second-order valence-electron chi connectivity index (χ2n) is 20.7. The number of ether oxygens (including phenoxy) is 3. The van der Waals surface area contributed by atoms with Gasteiger partial charge < -0.3 is 39.6 Å². The third-order valence-electron chi connectivity index (χ3n) is 11.1. The highest BCUT2D eigenvalue weighted by molar-refractivity contribution is 6.31. The number of carbonyl (C=O) groups is 1. The number of halogens is 2. The number of nitrogens with two attached hydrogens (primary N) is 1. The van der Waals surface area contributed by atoms with Gasteiger partial charge in [-0.25, -0.2) is 4.79 Å². The summed E-state index contributed by atoms with van der Waals surface area (Å²) >= 11 is 11.3. The lowest BCUT2D eigenvalue weighted by Gasteiger charge is -2.09. The molecule has 1 aromatic heterocycles. The molecule has 0 aliphatic carbocycles. The van der Waals surface area contributed by atoms with Crippen LogP contribution in [0.2, 0.25) is 10.0 Å². The molecule has 4 rings (SSSR count). The van der Waals surface area contributed by atoms with Crippen LogP contribution in [0.25, 0.3) is 5.69 Å². The minimum absolute atomic E-state index is 0. The predicted octanol–water partition coefficient (Wildman–Crippen LogP) is 24.1. The number of benzene rings is 2. The van der Waals surface area contributed by atoms with Crippen LogP contribution in [0.1, 0.15) is 34.6 Å². The molecule has 12 heteroatoms. The summed E-state index contributed by atoms with van der Waals surface area (Å²) in [4.78, 5) is 12.5. The van der Waals surface area contributed by atoms with E-state index in [0.29, 0.717) is 21.4 Å². The van der Waals surface area contributed by atoms with Gasteiger partial charge in [0, 0.05) is 572 Å². The van der Waals surface area contributed by atoms with Gasteiger partial charge in [-0.3, -0.25) is 0 Å². The van der Waals surface area contributed by atoms with Crippen LogP contribution in [0, 0.1) is 0 Å². The second kappa shape index (κ2) is 105. The van der Waals surface area contributed by atoms with Crippen molar-refractivity contribution >= 4 is 34.9 Å². The van der Waals surface area contributed by atoms with Crippen LogP contribution in [0.15, 0.2) is 693 Å². The highest BCUT2D eigenvalue weighted by Crippen LogP contribution is 2.25. The van der Waals surface area contributed by atoms with Crippen molar-refractivity contribution in [3.8, 4) is 17.2 Å². The van der Waals surface area contributed by atoms with Crippen molar-refractivity contribution in [2.75, 3.05) is 20.0 Å². The van der Waals surface area contributed by atoms with E-state index in [9.17, 15) is 9.90 Å². The number of nitrogen functional groups attached to an aromatic ring is 1. The van der Waals surface area contributed by atoms with Crippen LogP contribution >= 0.6 is 23.2 Å². The van der Waals surface area contributed by atoms with Crippen LogP contribution in [0.3, 0.4) is 0 Å². The quantitative estimate of drug-likeness (QED) is 0.0662. The van der Waals surface area contributed by atoms with Crippen molar-refractivity contribution in [3.63, 3.8) is 0 Å². The fraction of sp³-hybridized carbons (Fsp3) is 0.0662. The molecule has 148 heavy (non-hydrogen) atoms. The highest BCUT2D eigenvalue weighted by atomic mass is 35.5. The molecule has 1 aliphatic rings. The van der Waals surface area contributed by atoms with Gasteiger partial charge in [-0.05, 0) is 153 Å². The zero-order chi connectivity index (χ0) is 105. The van der Waals surface area contributed by atoms with E-state index in [1.807, 2.05) is 24.5 Å². The summed E-state index contributed by atoms with van der Waals surface area (Å²) in [5.74, 6) is -0.398. The van der Waals surface area contributed by atoms with Crippen LogP contribution in [-0.4, -0.2) is 52.8 Å².